The monoisotopic (exact) mass is 334 g/mol. The Morgan fingerprint density at radius 2 is 1.87 bits per heavy atom. The van der Waals surface area contributed by atoms with Gasteiger partial charge in [-0.25, -0.2) is 12.8 Å². The standard InChI is InChI=1S/C16H15FN2O3S/c1-12(18-20)5-6-13-3-2-4-16(11-13)23(21,22)19-15-9-7-14(17)8-10-15/h2-4,7-12,18-20H,1H3. The zero-order valence-electron chi connectivity index (χ0n) is 12.2. The molecule has 2 rings (SSSR count). The summed E-state index contributed by atoms with van der Waals surface area (Å²) in [4.78, 5) is 0.0400. The molecule has 2 aromatic carbocycles. The number of hydrogen-bond acceptors (Lipinski definition) is 4. The Morgan fingerprint density at radius 1 is 1.17 bits per heavy atom. The molecule has 0 amide bonds. The highest BCUT2D eigenvalue weighted by Crippen LogP contribution is 2.17. The predicted octanol–water partition coefficient (Wildman–Crippen LogP) is 2.35. The van der Waals surface area contributed by atoms with Crippen LogP contribution < -0.4 is 10.2 Å². The molecule has 0 fully saturated rings. The summed E-state index contributed by atoms with van der Waals surface area (Å²) in [5.41, 5.74) is 2.74. The van der Waals surface area contributed by atoms with Crippen molar-refractivity contribution in [1.82, 2.24) is 5.48 Å². The van der Waals surface area contributed by atoms with Gasteiger partial charge < -0.3 is 5.21 Å². The van der Waals surface area contributed by atoms with Crippen molar-refractivity contribution in [3.63, 3.8) is 0 Å². The average Bonchev–Trinajstić information content (AvgIpc) is 2.55. The van der Waals surface area contributed by atoms with Crippen LogP contribution in [-0.4, -0.2) is 19.7 Å². The van der Waals surface area contributed by atoms with Gasteiger partial charge in [-0.2, -0.15) is 5.48 Å². The van der Waals surface area contributed by atoms with Crippen LogP contribution in [-0.2, 0) is 10.0 Å². The van der Waals surface area contributed by atoms with Crippen molar-refractivity contribution in [2.24, 2.45) is 0 Å². The molecule has 2 aromatic rings. The number of benzene rings is 2. The second kappa shape index (κ2) is 7.24. The Hall–Kier alpha value is -2.40. The Bertz CT molecular complexity index is 840. The molecule has 0 heterocycles. The molecule has 1 atom stereocenters. The minimum Gasteiger partial charge on any atom is -0.316 e. The van der Waals surface area contributed by atoms with E-state index in [0.717, 1.165) is 0 Å². The van der Waals surface area contributed by atoms with Gasteiger partial charge in [0.1, 0.15) is 5.82 Å². The van der Waals surface area contributed by atoms with Gasteiger partial charge in [-0.05, 0) is 49.4 Å². The SMILES string of the molecule is CC(C#Cc1cccc(S(=O)(=O)Nc2ccc(F)cc2)c1)NO. The lowest BCUT2D eigenvalue weighted by atomic mass is 10.2. The highest BCUT2D eigenvalue weighted by molar-refractivity contribution is 7.92. The summed E-state index contributed by atoms with van der Waals surface area (Å²) in [5.74, 6) is 5.03. The maximum Gasteiger partial charge on any atom is 0.261 e. The summed E-state index contributed by atoms with van der Waals surface area (Å²) in [6.45, 7) is 1.66. The van der Waals surface area contributed by atoms with Crippen LogP contribution in [0.3, 0.4) is 0 Å². The van der Waals surface area contributed by atoms with Gasteiger partial charge in [0.15, 0.2) is 0 Å². The highest BCUT2D eigenvalue weighted by Gasteiger charge is 2.14. The second-order valence-corrected chi connectivity index (χ2v) is 6.44. The lowest BCUT2D eigenvalue weighted by molar-refractivity contribution is 0.152. The summed E-state index contributed by atoms with van der Waals surface area (Å²) >= 11 is 0. The van der Waals surface area contributed by atoms with Gasteiger partial charge >= 0.3 is 0 Å². The van der Waals surface area contributed by atoms with Gasteiger partial charge in [0.2, 0.25) is 0 Å². The predicted molar refractivity (Wildman–Crippen MR) is 84.9 cm³/mol. The third-order valence-corrected chi connectivity index (χ3v) is 4.25. The molecule has 0 aliphatic heterocycles. The third kappa shape index (κ3) is 4.79. The summed E-state index contributed by atoms with van der Waals surface area (Å²) in [7, 11) is -3.80. The third-order valence-electron chi connectivity index (χ3n) is 2.87. The molecule has 0 aromatic heterocycles. The van der Waals surface area contributed by atoms with Crippen LogP contribution in [0.15, 0.2) is 53.4 Å². The van der Waals surface area contributed by atoms with E-state index >= 15 is 0 Å². The van der Waals surface area contributed by atoms with Crippen molar-refractivity contribution in [1.29, 1.82) is 0 Å². The summed E-state index contributed by atoms with van der Waals surface area (Å²) in [5, 5.41) is 8.70. The van der Waals surface area contributed by atoms with Crippen LogP contribution in [0.4, 0.5) is 10.1 Å². The number of sulfonamides is 1. The van der Waals surface area contributed by atoms with E-state index in [-0.39, 0.29) is 10.6 Å². The molecule has 5 nitrogen and oxygen atoms in total. The van der Waals surface area contributed by atoms with Gasteiger partial charge in [-0.15, -0.1) is 0 Å². The van der Waals surface area contributed by atoms with Crippen LogP contribution in [0.2, 0.25) is 0 Å². The molecule has 0 aliphatic rings. The molecule has 1 unspecified atom stereocenters. The molecular weight excluding hydrogens is 319 g/mol. The maximum atomic E-state index is 12.9. The minimum absolute atomic E-state index is 0.0400. The van der Waals surface area contributed by atoms with Crippen LogP contribution in [0, 0.1) is 17.7 Å². The largest absolute Gasteiger partial charge is 0.316 e. The van der Waals surface area contributed by atoms with E-state index in [1.165, 1.54) is 36.4 Å². The van der Waals surface area contributed by atoms with Gasteiger partial charge in [-0.1, -0.05) is 17.9 Å². The van der Waals surface area contributed by atoms with Crippen molar-refractivity contribution in [2.75, 3.05) is 4.72 Å². The molecule has 3 N–H and O–H groups in total. The normalized spacial score (nSPS) is 12.1. The number of hydrogen-bond donors (Lipinski definition) is 3. The van der Waals surface area contributed by atoms with Crippen molar-refractivity contribution in [3.8, 4) is 11.8 Å². The molecule has 0 saturated heterocycles. The van der Waals surface area contributed by atoms with Gasteiger partial charge in [0.05, 0.1) is 10.9 Å². The fourth-order valence-electron chi connectivity index (χ4n) is 1.70. The van der Waals surface area contributed by atoms with E-state index in [1.54, 1.807) is 19.1 Å². The van der Waals surface area contributed by atoms with Gasteiger partial charge in [-0.3, -0.25) is 4.72 Å². The van der Waals surface area contributed by atoms with E-state index in [4.69, 9.17) is 5.21 Å². The van der Waals surface area contributed by atoms with Crippen LogP contribution in [0.5, 0.6) is 0 Å². The van der Waals surface area contributed by atoms with Gasteiger partial charge in [0.25, 0.3) is 10.0 Å². The number of anilines is 1. The first kappa shape index (κ1) is 17.0. The first-order valence-corrected chi connectivity index (χ1v) is 8.18. The quantitative estimate of drug-likeness (QED) is 0.592. The van der Waals surface area contributed by atoms with E-state index in [2.05, 4.69) is 16.6 Å². The lowest BCUT2D eigenvalue weighted by Crippen LogP contribution is -2.19. The molecule has 23 heavy (non-hydrogen) atoms. The number of halogens is 1. The van der Waals surface area contributed by atoms with Crippen LogP contribution in [0.25, 0.3) is 0 Å². The first-order valence-electron chi connectivity index (χ1n) is 6.70. The molecule has 0 radical (unpaired) electrons. The molecule has 7 heteroatoms. The molecule has 0 saturated carbocycles. The Balaban J connectivity index is 2.25. The molecule has 0 bridgehead atoms. The Kier molecular flexibility index (Phi) is 5.34. The highest BCUT2D eigenvalue weighted by atomic mass is 32.2. The van der Waals surface area contributed by atoms with E-state index < -0.39 is 21.9 Å². The van der Waals surface area contributed by atoms with E-state index in [9.17, 15) is 12.8 Å². The molecule has 0 aliphatic carbocycles. The van der Waals surface area contributed by atoms with Crippen LogP contribution >= 0.6 is 0 Å². The summed E-state index contributed by atoms with van der Waals surface area (Å²) in [6.07, 6.45) is 0. The van der Waals surface area contributed by atoms with Gasteiger partial charge in [0, 0.05) is 11.3 Å². The zero-order valence-corrected chi connectivity index (χ0v) is 13.1. The summed E-state index contributed by atoms with van der Waals surface area (Å²) < 4.78 is 39.9. The van der Waals surface area contributed by atoms with Crippen molar-refractivity contribution in [3.05, 3.63) is 59.9 Å². The van der Waals surface area contributed by atoms with E-state index in [1.807, 2.05) is 5.48 Å². The topological polar surface area (TPSA) is 78.4 Å². The fourth-order valence-corrected chi connectivity index (χ4v) is 2.80. The average molecular weight is 334 g/mol. The van der Waals surface area contributed by atoms with Crippen LogP contribution in [0.1, 0.15) is 12.5 Å². The fraction of sp³-hybridized carbons (Fsp3) is 0.125. The van der Waals surface area contributed by atoms with Crippen molar-refractivity contribution >= 4 is 15.7 Å². The second-order valence-electron chi connectivity index (χ2n) is 4.76. The first-order chi connectivity index (χ1) is 10.9. The minimum atomic E-state index is -3.80. The number of nitrogens with one attached hydrogen (secondary N) is 2. The molecule has 120 valence electrons. The Labute approximate surface area is 134 Å². The zero-order chi connectivity index (χ0) is 16.9. The Morgan fingerprint density at radius 3 is 2.52 bits per heavy atom. The number of rotatable bonds is 4. The lowest BCUT2D eigenvalue weighted by Gasteiger charge is -2.08. The van der Waals surface area contributed by atoms with Crippen molar-refractivity contribution < 1.29 is 18.0 Å². The maximum absolute atomic E-state index is 12.9. The van der Waals surface area contributed by atoms with E-state index in [0.29, 0.717) is 5.56 Å². The summed E-state index contributed by atoms with van der Waals surface area (Å²) in [6, 6.07) is 10.7. The molecular formula is C16H15FN2O3S. The smallest absolute Gasteiger partial charge is 0.261 e. The van der Waals surface area contributed by atoms with Crippen molar-refractivity contribution in [2.45, 2.75) is 17.9 Å². The molecule has 0 spiro atoms. The number of hydroxylamine groups is 1.